The molecule has 10 heavy (non-hydrogen) atoms. The van der Waals surface area contributed by atoms with Gasteiger partial charge in [-0.15, -0.1) is 0 Å². The summed E-state index contributed by atoms with van der Waals surface area (Å²) in [4.78, 5) is 10.3. The van der Waals surface area contributed by atoms with Crippen LogP contribution >= 0.6 is 11.8 Å². The zero-order chi connectivity index (χ0) is 7.98. The Bertz CT molecular complexity index is 108. The number of rotatable bonds is 4. The zero-order valence-corrected chi connectivity index (χ0v) is 6.29. The molecule has 0 aromatic heterocycles. The van der Waals surface area contributed by atoms with Crippen molar-refractivity contribution in [1.82, 2.24) is 0 Å². The average Bonchev–Trinajstić information content (AvgIpc) is 1.87. The molecule has 0 saturated heterocycles. The molecule has 2 nitrogen and oxygen atoms in total. The van der Waals surface area contributed by atoms with Gasteiger partial charge < -0.3 is 4.74 Å². The first-order valence-electron chi connectivity index (χ1n) is 2.63. The molecule has 0 atom stereocenters. The number of halogens is 2. The van der Waals surface area contributed by atoms with Gasteiger partial charge >= 0.3 is 5.97 Å². The largest absolute Gasteiger partial charge is 0.469 e. The molecule has 5 heteroatoms. The highest BCUT2D eigenvalue weighted by molar-refractivity contribution is 7.99. The summed E-state index contributed by atoms with van der Waals surface area (Å²) in [6.45, 7) is 0. The van der Waals surface area contributed by atoms with Crippen molar-refractivity contribution in [2.24, 2.45) is 0 Å². The third-order valence-corrected chi connectivity index (χ3v) is 1.47. The van der Waals surface area contributed by atoms with Gasteiger partial charge in [0.1, 0.15) is 0 Å². The van der Waals surface area contributed by atoms with Crippen LogP contribution in [0.5, 0.6) is 0 Å². The predicted molar refractivity (Wildman–Crippen MR) is 35.1 cm³/mol. The van der Waals surface area contributed by atoms with Gasteiger partial charge in [-0.05, 0) is 0 Å². The number of ether oxygens (including phenoxy) is 1. The Kier molecular flexibility index (Phi) is 5.29. The van der Waals surface area contributed by atoms with Crippen LogP contribution in [0.2, 0.25) is 0 Å². The van der Waals surface area contributed by atoms with Gasteiger partial charge in [0.2, 0.25) is 0 Å². The van der Waals surface area contributed by atoms with E-state index in [1.54, 1.807) is 0 Å². The smallest absolute Gasteiger partial charge is 0.306 e. The van der Waals surface area contributed by atoms with Crippen molar-refractivity contribution >= 4 is 17.7 Å². The maximum atomic E-state index is 11.4. The van der Waals surface area contributed by atoms with Gasteiger partial charge in [0.15, 0.2) is 0 Å². The summed E-state index contributed by atoms with van der Waals surface area (Å²) in [6, 6.07) is 0. The van der Waals surface area contributed by atoms with E-state index < -0.39 is 11.7 Å². The molecule has 0 aliphatic heterocycles. The predicted octanol–water partition coefficient (Wildman–Crippen LogP) is 1.51. The zero-order valence-electron chi connectivity index (χ0n) is 5.47. The van der Waals surface area contributed by atoms with Crippen LogP contribution in [0.4, 0.5) is 8.78 Å². The minimum atomic E-state index is -2.40. The van der Waals surface area contributed by atoms with Gasteiger partial charge in [-0.3, -0.25) is 4.79 Å². The van der Waals surface area contributed by atoms with E-state index in [4.69, 9.17) is 0 Å². The second-order valence-electron chi connectivity index (χ2n) is 1.46. The molecule has 0 aliphatic rings. The molecule has 0 rings (SSSR count). The average molecular weight is 170 g/mol. The van der Waals surface area contributed by atoms with E-state index in [2.05, 4.69) is 4.74 Å². The lowest BCUT2D eigenvalue weighted by atomic mass is 10.5. The van der Waals surface area contributed by atoms with Crippen LogP contribution in [-0.4, -0.2) is 24.6 Å². The number of thioether (sulfide) groups is 1. The number of hydrogen-bond acceptors (Lipinski definition) is 3. The molecule has 0 heterocycles. The second-order valence-corrected chi connectivity index (χ2v) is 2.56. The van der Waals surface area contributed by atoms with Gasteiger partial charge in [-0.1, -0.05) is 11.8 Å². The van der Waals surface area contributed by atoms with E-state index in [0.717, 1.165) is 0 Å². The molecule has 0 aromatic carbocycles. The first-order valence-corrected chi connectivity index (χ1v) is 3.68. The lowest BCUT2D eigenvalue weighted by Crippen LogP contribution is -2.01. The number of esters is 1. The van der Waals surface area contributed by atoms with Crippen molar-refractivity contribution in [2.75, 3.05) is 12.9 Å². The van der Waals surface area contributed by atoms with Crippen molar-refractivity contribution in [2.45, 2.75) is 12.2 Å². The number of carbonyl (C=O) groups excluding carboxylic acids is 1. The lowest BCUT2D eigenvalue weighted by molar-refractivity contribution is -0.140. The molecular weight excluding hydrogens is 162 g/mol. The highest BCUT2D eigenvalue weighted by Crippen LogP contribution is 2.13. The van der Waals surface area contributed by atoms with Crippen LogP contribution in [0.1, 0.15) is 6.42 Å². The Morgan fingerprint density at radius 3 is 2.70 bits per heavy atom. The fraction of sp³-hybridized carbons (Fsp3) is 0.800. The molecule has 0 aliphatic carbocycles. The van der Waals surface area contributed by atoms with Crippen LogP contribution in [-0.2, 0) is 9.53 Å². The van der Waals surface area contributed by atoms with Crippen LogP contribution in [0.25, 0.3) is 0 Å². The Labute approximate surface area is 61.9 Å². The first-order chi connectivity index (χ1) is 4.66. The third kappa shape index (κ3) is 5.81. The summed E-state index contributed by atoms with van der Waals surface area (Å²) in [5.74, 6) is -2.73. The fourth-order valence-corrected chi connectivity index (χ4v) is 0.796. The first kappa shape index (κ1) is 9.68. The Balaban J connectivity index is 3.12. The van der Waals surface area contributed by atoms with Crippen LogP contribution in [0.3, 0.4) is 0 Å². The highest BCUT2D eigenvalue weighted by atomic mass is 32.2. The lowest BCUT2D eigenvalue weighted by Gasteiger charge is -1.97. The summed E-state index contributed by atoms with van der Waals surface area (Å²) in [5, 5.41) is 0. The standard InChI is InChI=1S/C5H8F2O2S/c1-9-4(8)2-3-10-5(6)7/h5H,2-3H2,1H3. The molecule has 0 amide bonds. The third-order valence-electron chi connectivity index (χ3n) is 0.778. The summed E-state index contributed by atoms with van der Waals surface area (Å²) < 4.78 is 27.0. The van der Waals surface area contributed by atoms with Gasteiger partial charge in [0.25, 0.3) is 5.76 Å². The Morgan fingerprint density at radius 2 is 2.30 bits per heavy atom. The normalized spacial score (nSPS) is 10.0. The van der Waals surface area contributed by atoms with E-state index in [-0.39, 0.29) is 12.2 Å². The van der Waals surface area contributed by atoms with Gasteiger partial charge in [-0.25, -0.2) is 0 Å². The summed E-state index contributed by atoms with van der Waals surface area (Å²) in [6.07, 6.45) is 0.0471. The number of methoxy groups -OCH3 is 1. The molecule has 0 N–H and O–H groups in total. The second kappa shape index (κ2) is 5.46. The van der Waals surface area contributed by atoms with E-state index in [1.807, 2.05) is 0 Å². The molecule has 0 radical (unpaired) electrons. The molecule has 60 valence electrons. The van der Waals surface area contributed by atoms with Gasteiger partial charge in [-0.2, -0.15) is 8.78 Å². The van der Waals surface area contributed by atoms with E-state index >= 15 is 0 Å². The fourth-order valence-electron chi connectivity index (χ4n) is 0.333. The maximum Gasteiger partial charge on any atom is 0.306 e. The minimum Gasteiger partial charge on any atom is -0.469 e. The number of hydrogen-bond donors (Lipinski definition) is 0. The van der Waals surface area contributed by atoms with E-state index in [1.165, 1.54) is 7.11 Å². The molecule has 0 unspecified atom stereocenters. The Morgan fingerprint density at radius 1 is 1.70 bits per heavy atom. The molecule has 0 fully saturated rings. The van der Waals surface area contributed by atoms with Crippen LogP contribution in [0, 0.1) is 0 Å². The van der Waals surface area contributed by atoms with Crippen LogP contribution in [0.15, 0.2) is 0 Å². The highest BCUT2D eigenvalue weighted by Gasteiger charge is 2.05. The van der Waals surface area contributed by atoms with Crippen molar-refractivity contribution in [3.63, 3.8) is 0 Å². The molecule has 0 saturated carbocycles. The summed E-state index contributed by atoms with van der Waals surface area (Å²) >= 11 is 0.441. The van der Waals surface area contributed by atoms with E-state index in [9.17, 15) is 13.6 Å². The van der Waals surface area contributed by atoms with Gasteiger partial charge in [0, 0.05) is 5.75 Å². The SMILES string of the molecule is COC(=O)CCSC(F)F. The van der Waals surface area contributed by atoms with Crippen molar-refractivity contribution in [3.05, 3.63) is 0 Å². The molecule has 0 bridgehead atoms. The van der Waals surface area contributed by atoms with Crippen molar-refractivity contribution < 1.29 is 18.3 Å². The van der Waals surface area contributed by atoms with E-state index in [0.29, 0.717) is 11.8 Å². The van der Waals surface area contributed by atoms with Crippen molar-refractivity contribution in [3.8, 4) is 0 Å². The Hall–Kier alpha value is -0.320. The number of carbonyl (C=O) groups is 1. The summed E-state index contributed by atoms with van der Waals surface area (Å²) in [7, 11) is 1.23. The molecule has 0 aromatic rings. The number of alkyl halides is 2. The molecule has 0 spiro atoms. The quantitative estimate of drug-likeness (QED) is 0.598. The van der Waals surface area contributed by atoms with Gasteiger partial charge in [0.05, 0.1) is 13.5 Å². The van der Waals surface area contributed by atoms with Crippen molar-refractivity contribution in [1.29, 1.82) is 0 Å². The van der Waals surface area contributed by atoms with Crippen LogP contribution < -0.4 is 0 Å². The topological polar surface area (TPSA) is 26.3 Å². The maximum absolute atomic E-state index is 11.4. The molecular formula is C5H8F2O2S. The summed E-state index contributed by atoms with van der Waals surface area (Å²) in [5.41, 5.74) is 0. The monoisotopic (exact) mass is 170 g/mol. The minimum absolute atomic E-state index is 0.0471.